The highest BCUT2D eigenvalue weighted by Gasteiger charge is 2.38. The van der Waals surface area contributed by atoms with Crippen LogP contribution in [0.2, 0.25) is 0 Å². The molecule has 0 saturated heterocycles. The average Bonchev–Trinajstić information content (AvgIpc) is 2.55. The van der Waals surface area contributed by atoms with Gasteiger partial charge in [0.15, 0.2) is 0 Å². The van der Waals surface area contributed by atoms with Gasteiger partial charge in [0.25, 0.3) is 0 Å². The van der Waals surface area contributed by atoms with E-state index < -0.39 is 11.9 Å². The van der Waals surface area contributed by atoms with Gasteiger partial charge in [-0.15, -0.1) is 0 Å². The Bertz CT molecular complexity index is 359. The number of fused-ring (bicyclic) bond motifs is 1. The molecular formula is C11H12O3. The Labute approximate surface area is 82.3 Å². The molecule has 0 saturated carbocycles. The van der Waals surface area contributed by atoms with Gasteiger partial charge < -0.3 is 9.84 Å². The lowest BCUT2D eigenvalue weighted by Gasteiger charge is -2.12. The Balaban J connectivity index is 2.42. The summed E-state index contributed by atoms with van der Waals surface area (Å²) in [6.07, 6.45) is 0.496. The zero-order chi connectivity index (χ0) is 10.1. The summed E-state index contributed by atoms with van der Waals surface area (Å²) in [7, 11) is 0. The Morgan fingerprint density at radius 2 is 2.21 bits per heavy atom. The van der Waals surface area contributed by atoms with Gasteiger partial charge in [0.1, 0.15) is 17.8 Å². The van der Waals surface area contributed by atoms with E-state index in [0.29, 0.717) is 12.2 Å². The molecule has 14 heavy (non-hydrogen) atoms. The fraction of sp³-hybridized carbons (Fsp3) is 0.364. The molecular weight excluding hydrogens is 180 g/mol. The molecule has 74 valence electrons. The summed E-state index contributed by atoms with van der Waals surface area (Å²) < 4.78 is 5.55. The molecule has 2 atom stereocenters. The van der Waals surface area contributed by atoms with Gasteiger partial charge in [0.2, 0.25) is 0 Å². The van der Waals surface area contributed by atoms with Crippen molar-refractivity contribution in [3.05, 3.63) is 29.8 Å². The highest BCUT2D eigenvalue weighted by molar-refractivity contribution is 5.79. The minimum absolute atomic E-state index is 0.218. The molecule has 1 aliphatic heterocycles. The first-order valence-corrected chi connectivity index (χ1v) is 4.72. The summed E-state index contributed by atoms with van der Waals surface area (Å²) in [5.74, 6) is -0.593. The SMILES string of the molecule is CCC1Oc2ccccc2C1C(=O)O. The number of para-hydroxylation sites is 1. The van der Waals surface area contributed by atoms with Crippen molar-refractivity contribution in [2.75, 3.05) is 0 Å². The van der Waals surface area contributed by atoms with E-state index in [1.54, 1.807) is 0 Å². The molecule has 2 rings (SSSR count). The molecule has 0 bridgehead atoms. The third-order valence-electron chi connectivity index (χ3n) is 2.57. The molecule has 1 N–H and O–H groups in total. The van der Waals surface area contributed by atoms with E-state index in [1.165, 1.54) is 0 Å². The minimum atomic E-state index is -0.804. The first kappa shape index (κ1) is 9.06. The second kappa shape index (κ2) is 3.33. The van der Waals surface area contributed by atoms with Crippen LogP contribution in [0.3, 0.4) is 0 Å². The Morgan fingerprint density at radius 1 is 1.50 bits per heavy atom. The number of rotatable bonds is 2. The van der Waals surface area contributed by atoms with E-state index in [9.17, 15) is 4.79 Å². The maximum atomic E-state index is 11.1. The van der Waals surface area contributed by atoms with Crippen LogP contribution >= 0.6 is 0 Å². The first-order valence-electron chi connectivity index (χ1n) is 4.72. The number of carbonyl (C=O) groups is 1. The topological polar surface area (TPSA) is 46.5 Å². The largest absolute Gasteiger partial charge is 0.489 e. The Morgan fingerprint density at radius 3 is 2.86 bits per heavy atom. The highest BCUT2D eigenvalue weighted by atomic mass is 16.5. The molecule has 0 aliphatic carbocycles. The molecule has 0 amide bonds. The van der Waals surface area contributed by atoms with Crippen LogP contribution in [0.25, 0.3) is 0 Å². The second-order valence-corrected chi connectivity index (χ2v) is 3.42. The zero-order valence-corrected chi connectivity index (χ0v) is 7.93. The molecule has 2 unspecified atom stereocenters. The van der Waals surface area contributed by atoms with Crippen LogP contribution in [0.15, 0.2) is 24.3 Å². The van der Waals surface area contributed by atoms with E-state index in [0.717, 1.165) is 5.56 Å². The lowest BCUT2D eigenvalue weighted by molar-refractivity contribution is -0.140. The molecule has 1 aromatic rings. The number of hydrogen-bond acceptors (Lipinski definition) is 2. The fourth-order valence-electron chi connectivity index (χ4n) is 1.89. The highest BCUT2D eigenvalue weighted by Crippen LogP contribution is 2.39. The molecule has 3 nitrogen and oxygen atoms in total. The van der Waals surface area contributed by atoms with Crippen molar-refractivity contribution in [2.45, 2.75) is 25.4 Å². The van der Waals surface area contributed by atoms with Crippen molar-refractivity contribution in [2.24, 2.45) is 0 Å². The molecule has 0 radical (unpaired) electrons. The summed E-state index contributed by atoms with van der Waals surface area (Å²) in [4.78, 5) is 11.1. The van der Waals surface area contributed by atoms with Crippen LogP contribution in [-0.4, -0.2) is 17.2 Å². The molecule has 1 aromatic carbocycles. The Kier molecular flexibility index (Phi) is 2.15. The van der Waals surface area contributed by atoms with Crippen molar-refractivity contribution in [3.63, 3.8) is 0 Å². The van der Waals surface area contributed by atoms with Crippen molar-refractivity contribution in [1.82, 2.24) is 0 Å². The molecule has 0 aromatic heterocycles. The van der Waals surface area contributed by atoms with Crippen LogP contribution in [-0.2, 0) is 4.79 Å². The van der Waals surface area contributed by atoms with E-state index in [1.807, 2.05) is 31.2 Å². The third kappa shape index (κ3) is 1.25. The predicted octanol–water partition coefficient (Wildman–Crippen LogP) is 2.03. The van der Waals surface area contributed by atoms with E-state index in [4.69, 9.17) is 9.84 Å². The fourth-order valence-corrected chi connectivity index (χ4v) is 1.89. The van der Waals surface area contributed by atoms with Crippen molar-refractivity contribution >= 4 is 5.97 Å². The van der Waals surface area contributed by atoms with Crippen LogP contribution in [0.1, 0.15) is 24.8 Å². The summed E-state index contributed by atoms with van der Waals surface area (Å²) >= 11 is 0. The van der Waals surface area contributed by atoms with Gasteiger partial charge in [-0.3, -0.25) is 4.79 Å². The van der Waals surface area contributed by atoms with Gasteiger partial charge >= 0.3 is 5.97 Å². The molecule has 3 heteroatoms. The van der Waals surface area contributed by atoms with E-state index >= 15 is 0 Å². The molecule has 0 spiro atoms. The summed E-state index contributed by atoms with van der Waals surface area (Å²) in [5.41, 5.74) is 0.798. The summed E-state index contributed by atoms with van der Waals surface area (Å²) in [5, 5.41) is 9.08. The monoisotopic (exact) mass is 192 g/mol. The average molecular weight is 192 g/mol. The van der Waals surface area contributed by atoms with E-state index in [2.05, 4.69) is 0 Å². The number of carboxylic acids is 1. The maximum absolute atomic E-state index is 11.1. The number of hydrogen-bond donors (Lipinski definition) is 1. The quantitative estimate of drug-likeness (QED) is 0.779. The third-order valence-corrected chi connectivity index (χ3v) is 2.57. The smallest absolute Gasteiger partial charge is 0.314 e. The van der Waals surface area contributed by atoms with Crippen molar-refractivity contribution in [3.8, 4) is 5.75 Å². The van der Waals surface area contributed by atoms with Crippen LogP contribution in [0.4, 0.5) is 0 Å². The van der Waals surface area contributed by atoms with Gasteiger partial charge in [-0.05, 0) is 12.5 Å². The summed E-state index contributed by atoms with van der Waals surface area (Å²) in [6.45, 7) is 1.94. The summed E-state index contributed by atoms with van der Waals surface area (Å²) in [6, 6.07) is 7.34. The van der Waals surface area contributed by atoms with E-state index in [-0.39, 0.29) is 6.10 Å². The van der Waals surface area contributed by atoms with Gasteiger partial charge in [0.05, 0.1) is 0 Å². The first-order chi connectivity index (χ1) is 6.74. The lowest BCUT2D eigenvalue weighted by Crippen LogP contribution is -2.24. The second-order valence-electron chi connectivity index (χ2n) is 3.42. The number of ether oxygens (including phenoxy) is 1. The van der Waals surface area contributed by atoms with Crippen LogP contribution < -0.4 is 4.74 Å². The van der Waals surface area contributed by atoms with Gasteiger partial charge in [-0.1, -0.05) is 25.1 Å². The van der Waals surface area contributed by atoms with Crippen LogP contribution in [0.5, 0.6) is 5.75 Å². The van der Waals surface area contributed by atoms with Crippen LogP contribution in [0, 0.1) is 0 Å². The molecule has 1 heterocycles. The predicted molar refractivity (Wildman–Crippen MR) is 51.5 cm³/mol. The zero-order valence-electron chi connectivity index (χ0n) is 7.93. The normalized spacial score (nSPS) is 24.1. The van der Waals surface area contributed by atoms with Gasteiger partial charge in [-0.2, -0.15) is 0 Å². The number of benzene rings is 1. The lowest BCUT2D eigenvalue weighted by atomic mass is 9.94. The van der Waals surface area contributed by atoms with Crippen molar-refractivity contribution in [1.29, 1.82) is 0 Å². The number of carboxylic acid groups (broad SMARTS) is 1. The Hall–Kier alpha value is -1.51. The maximum Gasteiger partial charge on any atom is 0.314 e. The standard InChI is InChI=1S/C11H12O3/c1-2-8-10(11(12)13)7-5-3-4-6-9(7)14-8/h3-6,8,10H,2H2,1H3,(H,12,13). The minimum Gasteiger partial charge on any atom is -0.489 e. The molecule has 1 aliphatic rings. The number of aliphatic carboxylic acids is 1. The van der Waals surface area contributed by atoms with Crippen molar-refractivity contribution < 1.29 is 14.6 Å². The van der Waals surface area contributed by atoms with Gasteiger partial charge in [0, 0.05) is 5.56 Å². The van der Waals surface area contributed by atoms with Gasteiger partial charge in [-0.25, -0.2) is 0 Å². The molecule has 0 fully saturated rings.